The van der Waals surface area contributed by atoms with Gasteiger partial charge in [-0.05, 0) is 62.2 Å². The van der Waals surface area contributed by atoms with Gasteiger partial charge in [0.25, 0.3) is 5.56 Å². The van der Waals surface area contributed by atoms with E-state index in [1.54, 1.807) is 29.0 Å². The highest BCUT2D eigenvalue weighted by molar-refractivity contribution is 9.10. The van der Waals surface area contributed by atoms with E-state index in [1.165, 1.54) is 22.6 Å². The first-order valence-electron chi connectivity index (χ1n) is 9.79. The minimum atomic E-state index is -4.03. The Kier molecular flexibility index (Phi) is 5.35. The monoisotopic (exact) mass is 500 g/mol. The summed E-state index contributed by atoms with van der Waals surface area (Å²) in [7, 11) is -4.03. The Morgan fingerprint density at radius 2 is 1.84 bits per heavy atom. The molecule has 9 heteroatoms. The summed E-state index contributed by atoms with van der Waals surface area (Å²) in [6, 6.07) is 10.9. The number of aromatic nitrogens is 3. The van der Waals surface area contributed by atoms with Gasteiger partial charge in [-0.1, -0.05) is 28.9 Å². The van der Waals surface area contributed by atoms with Crippen molar-refractivity contribution in [1.82, 2.24) is 14.0 Å². The van der Waals surface area contributed by atoms with Crippen LogP contribution in [0, 0.1) is 12.3 Å². The third kappa shape index (κ3) is 3.41. The van der Waals surface area contributed by atoms with E-state index in [-0.39, 0.29) is 32.3 Å². The summed E-state index contributed by atoms with van der Waals surface area (Å²) in [4.78, 5) is 17.8. The molecule has 0 unspecified atom stereocenters. The number of pyridine rings is 2. The molecule has 1 atom stereocenters. The van der Waals surface area contributed by atoms with Crippen LogP contribution in [0.2, 0.25) is 0 Å². The van der Waals surface area contributed by atoms with Crippen LogP contribution in [-0.2, 0) is 9.84 Å². The lowest BCUT2D eigenvalue weighted by atomic mass is 10.2. The minimum Gasteiger partial charge on any atom is -0.307 e. The molecule has 160 valence electrons. The lowest BCUT2D eigenvalue weighted by Crippen LogP contribution is -2.31. The smallest absolute Gasteiger partial charge is 0.267 e. The Hall–Kier alpha value is -2.78. The molecule has 0 aliphatic rings. The molecule has 0 saturated carbocycles. The van der Waals surface area contributed by atoms with Crippen molar-refractivity contribution in [3.05, 3.63) is 74.5 Å². The van der Waals surface area contributed by atoms with E-state index in [1.807, 2.05) is 26.8 Å². The number of aryl methyl sites for hydroxylation is 1. The fraction of sp³-hybridized carbons (Fsp3) is 0.227. The molecule has 31 heavy (non-hydrogen) atoms. The summed E-state index contributed by atoms with van der Waals surface area (Å²) in [6.07, 6.45) is 2.25. The number of benzene rings is 1. The molecule has 3 heterocycles. The van der Waals surface area contributed by atoms with Crippen molar-refractivity contribution in [2.24, 2.45) is 0 Å². The van der Waals surface area contributed by atoms with Crippen LogP contribution in [0.1, 0.15) is 31.9 Å². The first-order chi connectivity index (χ1) is 14.7. The minimum absolute atomic E-state index is 0.0592. The molecule has 0 radical (unpaired) electrons. The summed E-state index contributed by atoms with van der Waals surface area (Å²) in [5.74, 6) is 0. The molecule has 7 nitrogen and oxygen atoms in total. The molecule has 0 aliphatic heterocycles. The fourth-order valence-electron chi connectivity index (χ4n) is 3.59. The number of halogens is 1. The summed E-state index contributed by atoms with van der Waals surface area (Å²) < 4.78 is 30.6. The van der Waals surface area contributed by atoms with Crippen molar-refractivity contribution in [2.45, 2.75) is 43.0 Å². The maximum Gasteiger partial charge on any atom is 0.267 e. The first-order valence-corrected chi connectivity index (χ1v) is 12.1. The molecule has 4 rings (SSSR count). The molecule has 0 aliphatic carbocycles. The summed E-state index contributed by atoms with van der Waals surface area (Å²) in [5.41, 5.74) is 1.06. The van der Waals surface area contributed by atoms with Crippen LogP contribution >= 0.6 is 15.9 Å². The van der Waals surface area contributed by atoms with Crippen LogP contribution in [0.15, 0.2) is 67.7 Å². The van der Waals surface area contributed by atoms with E-state index in [4.69, 9.17) is 5.41 Å². The molecular formula is C22H21BrN4O3S. The van der Waals surface area contributed by atoms with E-state index in [0.29, 0.717) is 17.7 Å². The van der Waals surface area contributed by atoms with E-state index in [9.17, 15) is 13.2 Å². The highest BCUT2D eigenvalue weighted by Crippen LogP contribution is 2.24. The fourth-order valence-corrected chi connectivity index (χ4v) is 5.23. The molecular weight excluding hydrogens is 480 g/mol. The SMILES string of the molecule is CC[C@H](C)n1c(=N)c(S(=O)(=O)c2ccc(Br)cc2)cc2c(=O)n3cccc(C)c3nc21. The third-order valence-corrected chi connectivity index (χ3v) is 7.80. The van der Waals surface area contributed by atoms with Gasteiger partial charge >= 0.3 is 0 Å². The number of rotatable bonds is 4. The second-order valence-electron chi connectivity index (χ2n) is 7.48. The predicted molar refractivity (Wildman–Crippen MR) is 122 cm³/mol. The Balaban J connectivity index is 2.18. The Labute approximate surface area is 187 Å². The van der Waals surface area contributed by atoms with Crippen LogP contribution in [0.4, 0.5) is 0 Å². The first kappa shape index (κ1) is 21.5. The number of hydrogen-bond acceptors (Lipinski definition) is 5. The number of nitrogens with zero attached hydrogens (tertiary/aromatic N) is 3. The highest BCUT2D eigenvalue weighted by Gasteiger charge is 2.25. The van der Waals surface area contributed by atoms with Crippen molar-refractivity contribution < 1.29 is 8.42 Å². The summed E-state index contributed by atoms with van der Waals surface area (Å²) >= 11 is 3.31. The van der Waals surface area contributed by atoms with Crippen molar-refractivity contribution in [3.8, 4) is 0 Å². The zero-order chi connectivity index (χ0) is 22.5. The van der Waals surface area contributed by atoms with E-state index >= 15 is 0 Å². The van der Waals surface area contributed by atoms with Crippen LogP contribution < -0.4 is 11.0 Å². The molecule has 0 amide bonds. The molecule has 1 aromatic carbocycles. The average Bonchev–Trinajstić information content (AvgIpc) is 2.74. The quantitative estimate of drug-likeness (QED) is 0.428. The molecule has 0 fully saturated rings. The number of nitrogens with one attached hydrogen (secondary N) is 1. The van der Waals surface area contributed by atoms with Crippen molar-refractivity contribution in [3.63, 3.8) is 0 Å². The standard InChI is InChI=1S/C22H21BrN4O3S/c1-4-14(3)27-19(24)18(31(29,30)16-9-7-15(23)8-10-16)12-17-21(27)25-20-13(2)6-5-11-26(20)22(17)28/h5-12,14,24H,4H2,1-3H3/t14-/m0/s1. The number of sulfone groups is 1. The molecule has 0 bridgehead atoms. The molecule has 0 spiro atoms. The summed E-state index contributed by atoms with van der Waals surface area (Å²) in [5, 5.41) is 8.93. The molecule has 3 aromatic heterocycles. The van der Waals surface area contributed by atoms with Gasteiger partial charge in [0.1, 0.15) is 21.7 Å². The van der Waals surface area contributed by atoms with E-state index in [2.05, 4.69) is 20.9 Å². The van der Waals surface area contributed by atoms with Gasteiger partial charge < -0.3 is 4.57 Å². The predicted octanol–water partition coefficient (Wildman–Crippen LogP) is 4.00. The average molecular weight is 501 g/mol. The normalized spacial score (nSPS) is 13.0. The van der Waals surface area contributed by atoms with Gasteiger partial charge in [0.15, 0.2) is 0 Å². The lowest BCUT2D eigenvalue weighted by molar-refractivity contribution is 0.508. The highest BCUT2D eigenvalue weighted by atomic mass is 79.9. The van der Waals surface area contributed by atoms with Gasteiger partial charge in [-0.25, -0.2) is 13.4 Å². The maximum atomic E-state index is 13.4. The van der Waals surface area contributed by atoms with Crippen molar-refractivity contribution in [1.29, 1.82) is 5.41 Å². The van der Waals surface area contributed by atoms with Gasteiger partial charge in [-0.3, -0.25) is 14.6 Å². The zero-order valence-corrected chi connectivity index (χ0v) is 19.7. The topological polar surface area (TPSA) is 97.3 Å². The summed E-state index contributed by atoms with van der Waals surface area (Å²) in [6.45, 7) is 5.68. The Bertz CT molecular complexity index is 1550. The Morgan fingerprint density at radius 3 is 2.48 bits per heavy atom. The van der Waals surface area contributed by atoms with E-state index < -0.39 is 9.84 Å². The third-order valence-electron chi connectivity index (χ3n) is 5.49. The zero-order valence-electron chi connectivity index (χ0n) is 17.3. The van der Waals surface area contributed by atoms with Gasteiger partial charge in [0.05, 0.1) is 10.3 Å². The van der Waals surface area contributed by atoms with Gasteiger partial charge in [0.2, 0.25) is 9.84 Å². The Morgan fingerprint density at radius 1 is 1.16 bits per heavy atom. The van der Waals surface area contributed by atoms with Crippen LogP contribution in [0.5, 0.6) is 0 Å². The van der Waals surface area contributed by atoms with Crippen LogP contribution in [0.3, 0.4) is 0 Å². The second-order valence-corrected chi connectivity index (χ2v) is 10.3. The van der Waals surface area contributed by atoms with E-state index in [0.717, 1.165) is 10.0 Å². The molecule has 0 saturated heterocycles. The molecule has 1 N–H and O–H groups in total. The van der Waals surface area contributed by atoms with Gasteiger partial charge in [-0.2, -0.15) is 0 Å². The maximum absolute atomic E-state index is 13.4. The van der Waals surface area contributed by atoms with Gasteiger partial charge in [0, 0.05) is 16.7 Å². The van der Waals surface area contributed by atoms with Crippen molar-refractivity contribution >= 4 is 42.4 Å². The second kappa shape index (κ2) is 7.72. The number of fused-ring (bicyclic) bond motifs is 2. The number of hydrogen-bond donors (Lipinski definition) is 1. The van der Waals surface area contributed by atoms with Gasteiger partial charge in [-0.15, -0.1) is 0 Å². The van der Waals surface area contributed by atoms with Crippen LogP contribution in [-0.4, -0.2) is 22.4 Å². The lowest BCUT2D eigenvalue weighted by Gasteiger charge is -2.19. The van der Waals surface area contributed by atoms with Crippen molar-refractivity contribution in [2.75, 3.05) is 0 Å². The molecule has 4 aromatic rings. The largest absolute Gasteiger partial charge is 0.307 e. The van der Waals surface area contributed by atoms with Crippen LogP contribution in [0.25, 0.3) is 16.7 Å².